The average Bonchev–Trinajstić information content (AvgIpc) is 3.17. The number of benzene rings is 1. The minimum Gasteiger partial charge on any atom is -0.337 e. The highest BCUT2D eigenvalue weighted by Gasteiger charge is 2.48. The molecule has 0 N–H and O–H groups in total. The number of hydrogen-bond donors (Lipinski definition) is 0. The summed E-state index contributed by atoms with van der Waals surface area (Å²) in [5, 5.41) is 4.53. The summed E-state index contributed by atoms with van der Waals surface area (Å²) >= 11 is 5.87. The summed E-state index contributed by atoms with van der Waals surface area (Å²) < 4.78 is 23.0. The number of hydrogen-bond acceptors (Lipinski definition) is 5. The van der Waals surface area contributed by atoms with Gasteiger partial charge in [0.2, 0.25) is 5.89 Å². The van der Waals surface area contributed by atoms with Gasteiger partial charge in [-0.2, -0.15) is 4.98 Å². The van der Waals surface area contributed by atoms with Crippen molar-refractivity contribution in [3.8, 4) is 0 Å². The smallest absolute Gasteiger partial charge is 0.275 e. The van der Waals surface area contributed by atoms with Gasteiger partial charge in [0.15, 0.2) is 5.82 Å². The van der Waals surface area contributed by atoms with Gasteiger partial charge in [-0.1, -0.05) is 35.0 Å². The van der Waals surface area contributed by atoms with Gasteiger partial charge in [0, 0.05) is 29.4 Å². The summed E-state index contributed by atoms with van der Waals surface area (Å²) in [6, 6.07) is 11.2. The molecule has 0 atom stereocenters. The van der Waals surface area contributed by atoms with E-state index in [1.807, 2.05) is 0 Å². The maximum Gasteiger partial charge on any atom is 0.275 e. The van der Waals surface area contributed by atoms with Crippen molar-refractivity contribution in [3.63, 3.8) is 0 Å². The monoisotopic (exact) mass is 426 g/mol. The summed E-state index contributed by atoms with van der Waals surface area (Å²) in [4.78, 5) is 28.8. The Kier molecular flexibility index (Phi) is 4.32. The summed E-state index contributed by atoms with van der Waals surface area (Å²) in [6.45, 7) is 0.0656. The molecule has 5 rings (SSSR count). The summed E-state index contributed by atoms with van der Waals surface area (Å²) in [6.07, 6.45) is 3.53. The summed E-state index contributed by atoms with van der Waals surface area (Å²) in [5.74, 6) is 0.518. The van der Waals surface area contributed by atoms with Crippen LogP contribution in [0.3, 0.4) is 0 Å². The molecule has 152 valence electrons. The van der Waals surface area contributed by atoms with Crippen molar-refractivity contribution < 1.29 is 8.91 Å². The molecule has 0 aliphatic heterocycles. The third-order valence-electron chi connectivity index (χ3n) is 5.52. The van der Waals surface area contributed by atoms with Crippen LogP contribution in [0.4, 0.5) is 4.39 Å². The van der Waals surface area contributed by atoms with Gasteiger partial charge in [-0.3, -0.25) is 14.0 Å². The van der Waals surface area contributed by atoms with E-state index in [9.17, 15) is 9.59 Å². The van der Waals surface area contributed by atoms with Crippen LogP contribution < -0.4 is 11.1 Å². The minimum absolute atomic E-state index is 0.0656. The molecule has 30 heavy (non-hydrogen) atoms. The fourth-order valence-electron chi connectivity index (χ4n) is 3.85. The normalized spacial score (nSPS) is 20.9. The Balaban J connectivity index is 1.33. The Morgan fingerprint density at radius 1 is 1.13 bits per heavy atom. The first-order valence-corrected chi connectivity index (χ1v) is 9.79. The van der Waals surface area contributed by atoms with Gasteiger partial charge in [-0.15, -0.1) is 0 Å². The van der Waals surface area contributed by atoms with E-state index in [0.717, 1.165) is 0 Å². The van der Waals surface area contributed by atoms with Gasteiger partial charge < -0.3 is 9.09 Å². The molecule has 1 saturated carbocycles. The third kappa shape index (κ3) is 3.13. The number of fused-ring (bicyclic) bond motifs is 1. The highest BCUT2D eigenvalue weighted by Crippen LogP contribution is 2.53. The van der Waals surface area contributed by atoms with E-state index in [2.05, 4.69) is 10.1 Å². The van der Waals surface area contributed by atoms with Crippen molar-refractivity contribution in [2.45, 2.75) is 31.0 Å². The molecule has 1 aromatic carbocycles. The molecule has 1 aliphatic carbocycles. The molecule has 0 bridgehead atoms. The fraction of sp³-hybridized carbons (Fsp3) is 0.238. The van der Waals surface area contributed by atoms with Crippen molar-refractivity contribution >= 4 is 17.1 Å². The van der Waals surface area contributed by atoms with Gasteiger partial charge in [0.05, 0.1) is 0 Å². The largest absolute Gasteiger partial charge is 0.337 e. The minimum atomic E-state index is -1.43. The number of alkyl halides is 1. The van der Waals surface area contributed by atoms with Crippen LogP contribution in [0.5, 0.6) is 0 Å². The van der Waals surface area contributed by atoms with Gasteiger partial charge in [-0.05, 0) is 36.6 Å². The zero-order chi connectivity index (χ0) is 20.9. The van der Waals surface area contributed by atoms with Gasteiger partial charge in [0.1, 0.15) is 17.7 Å². The maximum atomic E-state index is 15.1. The molecule has 9 heteroatoms. The predicted molar refractivity (Wildman–Crippen MR) is 108 cm³/mol. The third-order valence-corrected chi connectivity index (χ3v) is 5.77. The lowest BCUT2D eigenvalue weighted by atomic mass is 9.68. The Labute approximate surface area is 174 Å². The van der Waals surface area contributed by atoms with Gasteiger partial charge in [-0.25, -0.2) is 4.39 Å². The van der Waals surface area contributed by atoms with Crippen molar-refractivity contribution in [3.05, 3.63) is 97.9 Å². The molecule has 3 heterocycles. The molecule has 0 saturated heterocycles. The van der Waals surface area contributed by atoms with Crippen LogP contribution in [-0.4, -0.2) is 19.1 Å². The van der Waals surface area contributed by atoms with Crippen molar-refractivity contribution in [2.24, 2.45) is 0 Å². The average molecular weight is 427 g/mol. The highest BCUT2D eigenvalue weighted by atomic mass is 35.5. The Morgan fingerprint density at radius 2 is 1.90 bits per heavy atom. The molecule has 4 aromatic rings. The van der Waals surface area contributed by atoms with Crippen LogP contribution >= 0.6 is 11.6 Å². The second kappa shape index (κ2) is 6.91. The second-order valence-electron chi connectivity index (χ2n) is 7.47. The molecule has 0 amide bonds. The van der Waals surface area contributed by atoms with E-state index >= 15 is 4.39 Å². The van der Waals surface area contributed by atoms with Crippen LogP contribution in [0, 0.1) is 0 Å². The van der Waals surface area contributed by atoms with E-state index < -0.39 is 5.67 Å². The number of aromatic nitrogens is 4. The molecular weight excluding hydrogens is 411 g/mol. The zero-order valence-electron chi connectivity index (χ0n) is 15.7. The van der Waals surface area contributed by atoms with Crippen LogP contribution in [-0.2, 0) is 12.2 Å². The molecule has 7 nitrogen and oxygen atoms in total. The quantitative estimate of drug-likeness (QED) is 0.500. The zero-order valence-corrected chi connectivity index (χ0v) is 16.4. The lowest BCUT2D eigenvalue weighted by molar-refractivity contribution is 0.0336. The lowest BCUT2D eigenvalue weighted by Crippen LogP contribution is -2.36. The van der Waals surface area contributed by atoms with E-state index in [4.69, 9.17) is 16.1 Å². The first-order valence-electron chi connectivity index (χ1n) is 9.41. The Hall–Kier alpha value is -3.26. The Morgan fingerprint density at radius 3 is 2.67 bits per heavy atom. The van der Waals surface area contributed by atoms with Crippen molar-refractivity contribution in [1.29, 1.82) is 0 Å². The maximum absolute atomic E-state index is 15.1. The van der Waals surface area contributed by atoms with E-state index in [0.29, 0.717) is 16.4 Å². The summed E-state index contributed by atoms with van der Waals surface area (Å²) in [7, 11) is 0. The molecule has 0 unspecified atom stereocenters. The van der Waals surface area contributed by atoms with Crippen LogP contribution in [0.1, 0.15) is 36.0 Å². The standard InChI is InChI=1S/C21H16ClFN4O3/c22-15-6-4-14(5-7-15)21(23)10-13(11-21)19-24-17(30-25-19)12-26-8-9-27-16(20(26)29)2-1-3-18(27)28/h1-9,13H,10-12H2/t13-,21+. The fourth-order valence-corrected chi connectivity index (χ4v) is 3.97. The molecule has 0 radical (unpaired) electrons. The van der Waals surface area contributed by atoms with E-state index in [1.165, 1.54) is 33.5 Å². The topological polar surface area (TPSA) is 82.4 Å². The van der Waals surface area contributed by atoms with Crippen LogP contribution in [0.15, 0.2) is 69.0 Å². The van der Waals surface area contributed by atoms with Crippen LogP contribution in [0.2, 0.25) is 5.02 Å². The highest BCUT2D eigenvalue weighted by molar-refractivity contribution is 6.30. The second-order valence-corrected chi connectivity index (χ2v) is 7.91. The molecular formula is C21H16ClFN4O3. The number of nitrogens with zero attached hydrogens (tertiary/aromatic N) is 4. The predicted octanol–water partition coefficient (Wildman–Crippen LogP) is 3.29. The number of rotatable bonds is 4. The molecule has 1 aliphatic rings. The molecule has 0 spiro atoms. The van der Waals surface area contributed by atoms with E-state index in [1.54, 1.807) is 30.3 Å². The van der Waals surface area contributed by atoms with Gasteiger partial charge >= 0.3 is 0 Å². The first kappa shape index (κ1) is 18.7. The SMILES string of the molecule is O=c1c2cccc(=O)n2ccn1Cc1nc([C@H]2C[C@](F)(c3ccc(Cl)cc3)C2)no1. The Bertz CT molecular complexity index is 1350. The molecule has 3 aromatic heterocycles. The number of pyridine rings is 1. The number of halogens is 2. The van der Waals surface area contributed by atoms with Gasteiger partial charge in [0.25, 0.3) is 11.1 Å². The summed E-state index contributed by atoms with van der Waals surface area (Å²) in [5.41, 5.74) is -1.21. The van der Waals surface area contributed by atoms with Crippen molar-refractivity contribution in [1.82, 2.24) is 19.1 Å². The lowest BCUT2D eigenvalue weighted by Gasteiger charge is -2.40. The molecule has 1 fully saturated rings. The van der Waals surface area contributed by atoms with Crippen molar-refractivity contribution in [2.75, 3.05) is 0 Å². The first-order chi connectivity index (χ1) is 14.4. The van der Waals surface area contributed by atoms with E-state index in [-0.39, 0.29) is 47.8 Å². The van der Waals surface area contributed by atoms with Crippen LogP contribution in [0.25, 0.3) is 5.52 Å².